The van der Waals surface area contributed by atoms with Gasteiger partial charge in [0, 0.05) is 17.8 Å². The van der Waals surface area contributed by atoms with Crippen LogP contribution in [0, 0.1) is 0 Å². The van der Waals surface area contributed by atoms with Crippen LogP contribution in [0.25, 0.3) is 0 Å². The molecule has 1 heterocycles. The van der Waals surface area contributed by atoms with Crippen molar-refractivity contribution in [2.75, 3.05) is 32.8 Å². The molecule has 2 N–H and O–H groups in total. The molecule has 1 saturated heterocycles. The molecule has 0 bridgehead atoms. The Bertz CT molecular complexity index is 1150. The van der Waals surface area contributed by atoms with Crippen LogP contribution in [-0.4, -0.2) is 55.3 Å². The third kappa shape index (κ3) is 5.62. The number of hydrogen-bond acceptors (Lipinski definition) is 6. The van der Waals surface area contributed by atoms with Crippen molar-refractivity contribution in [3.63, 3.8) is 0 Å². The quantitative estimate of drug-likeness (QED) is 0.517. The summed E-state index contributed by atoms with van der Waals surface area (Å²) >= 11 is 0. The summed E-state index contributed by atoms with van der Waals surface area (Å²) in [7, 11) is 3.17. The maximum Gasteiger partial charge on any atom is 0.255 e. The standard InChI is InChI=1S/C27H28N2O6/c1-33-22-11-3-18(4-12-22)15-29-24(16-30)26(35-17-25(29)31)19-5-9-21(10-6-19)28-27(32)20-7-13-23(34-2)14-8-20/h3-14,24,26,30H,15-17H2,1-2H3,(H,28,32). The Morgan fingerprint density at radius 1 is 0.971 bits per heavy atom. The first-order valence-corrected chi connectivity index (χ1v) is 11.2. The van der Waals surface area contributed by atoms with Crippen molar-refractivity contribution in [3.8, 4) is 11.5 Å². The summed E-state index contributed by atoms with van der Waals surface area (Å²) in [6.07, 6.45) is -0.498. The van der Waals surface area contributed by atoms with Crippen LogP contribution in [0.5, 0.6) is 11.5 Å². The van der Waals surface area contributed by atoms with Gasteiger partial charge in [0.2, 0.25) is 5.91 Å². The zero-order valence-corrected chi connectivity index (χ0v) is 19.6. The molecule has 1 aliphatic heterocycles. The Hall–Kier alpha value is -3.88. The van der Waals surface area contributed by atoms with Gasteiger partial charge < -0.3 is 29.5 Å². The summed E-state index contributed by atoms with van der Waals surface area (Å²) in [6.45, 7) is 0.0275. The third-order valence-corrected chi connectivity index (χ3v) is 6.00. The first-order valence-electron chi connectivity index (χ1n) is 11.2. The van der Waals surface area contributed by atoms with E-state index in [0.29, 0.717) is 23.5 Å². The van der Waals surface area contributed by atoms with Crippen molar-refractivity contribution < 1.29 is 28.9 Å². The van der Waals surface area contributed by atoms with E-state index in [9.17, 15) is 14.7 Å². The van der Waals surface area contributed by atoms with E-state index >= 15 is 0 Å². The molecule has 3 aromatic rings. The van der Waals surface area contributed by atoms with Crippen molar-refractivity contribution in [1.29, 1.82) is 0 Å². The second-order valence-electron chi connectivity index (χ2n) is 8.16. The number of carbonyl (C=O) groups is 2. The number of nitrogens with zero attached hydrogens (tertiary/aromatic N) is 1. The first-order chi connectivity index (χ1) is 17.0. The second kappa shape index (κ2) is 11.0. The molecule has 4 rings (SSSR count). The van der Waals surface area contributed by atoms with Crippen LogP contribution in [0.2, 0.25) is 0 Å². The largest absolute Gasteiger partial charge is 0.497 e. The number of rotatable bonds is 8. The number of anilines is 1. The van der Waals surface area contributed by atoms with Gasteiger partial charge in [-0.15, -0.1) is 0 Å². The zero-order valence-electron chi connectivity index (χ0n) is 19.6. The average Bonchev–Trinajstić information content (AvgIpc) is 2.90. The summed E-state index contributed by atoms with van der Waals surface area (Å²) < 4.78 is 16.1. The predicted molar refractivity (Wildman–Crippen MR) is 130 cm³/mol. The minimum Gasteiger partial charge on any atom is -0.497 e. The summed E-state index contributed by atoms with van der Waals surface area (Å²) in [5.41, 5.74) is 2.86. The molecule has 0 aliphatic carbocycles. The summed E-state index contributed by atoms with van der Waals surface area (Å²) in [6, 6.07) is 21.0. The van der Waals surface area contributed by atoms with Gasteiger partial charge in [0.05, 0.1) is 26.9 Å². The average molecular weight is 477 g/mol. The molecular formula is C27H28N2O6. The first kappa shape index (κ1) is 24.3. The van der Waals surface area contributed by atoms with E-state index in [2.05, 4.69) is 5.32 Å². The highest BCUT2D eigenvalue weighted by molar-refractivity contribution is 6.04. The molecule has 182 valence electrons. The number of amides is 2. The fourth-order valence-corrected chi connectivity index (χ4v) is 4.05. The smallest absolute Gasteiger partial charge is 0.255 e. The van der Waals surface area contributed by atoms with E-state index < -0.39 is 12.1 Å². The van der Waals surface area contributed by atoms with E-state index in [-0.39, 0.29) is 25.0 Å². The molecule has 2 atom stereocenters. The molecule has 0 saturated carbocycles. The van der Waals surface area contributed by atoms with Crippen molar-refractivity contribution in [2.45, 2.75) is 18.7 Å². The Morgan fingerprint density at radius 2 is 1.57 bits per heavy atom. The minimum atomic E-state index is -0.543. The fourth-order valence-electron chi connectivity index (χ4n) is 4.05. The predicted octanol–water partition coefficient (Wildman–Crippen LogP) is 3.42. The van der Waals surface area contributed by atoms with Crippen LogP contribution >= 0.6 is 0 Å². The molecule has 2 amide bonds. The summed E-state index contributed by atoms with van der Waals surface area (Å²) in [4.78, 5) is 26.8. The third-order valence-electron chi connectivity index (χ3n) is 6.00. The molecule has 0 radical (unpaired) electrons. The molecule has 35 heavy (non-hydrogen) atoms. The Kier molecular flexibility index (Phi) is 7.64. The van der Waals surface area contributed by atoms with Gasteiger partial charge in [-0.05, 0) is 59.7 Å². The molecule has 1 fully saturated rings. The number of ether oxygens (including phenoxy) is 3. The zero-order chi connectivity index (χ0) is 24.8. The number of aliphatic hydroxyl groups is 1. The van der Waals surface area contributed by atoms with Crippen molar-refractivity contribution in [3.05, 3.63) is 89.5 Å². The van der Waals surface area contributed by atoms with Gasteiger partial charge in [-0.25, -0.2) is 0 Å². The Balaban J connectivity index is 1.45. The molecule has 2 unspecified atom stereocenters. The van der Waals surface area contributed by atoms with Gasteiger partial charge in [0.15, 0.2) is 0 Å². The lowest BCUT2D eigenvalue weighted by molar-refractivity contribution is -0.162. The minimum absolute atomic E-state index is 0.0761. The van der Waals surface area contributed by atoms with Gasteiger partial charge >= 0.3 is 0 Å². The van der Waals surface area contributed by atoms with Crippen molar-refractivity contribution >= 4 is 17.5 Å². The molecular weight excluding hydrogens is 448 g/mol. The lowest BCUT2D eigenvalue weighted by Crippen LogP contribution is -2.52. The number of carbonyl (C=O) groups excluding carboxylic acids is 2. The highest BCUT2D eigenvalue weighted by atomic mass is 16.5. The SMILES string of the molecule is COc1ccc(CN2C(=O)COC(c3ccc(NC(=O)c4ccc(OC)cc4)cc3)C2CO)cc1. The number of benzene rings is 3. The van der Waals surface area contributed by atoms with E-state index in [4.69, 9.17) is 14.2 Å². The molecule has 8 nitrogen and oxygen atoms in total. The van der Waals surface area contributed by atoms with E-state index in [1.165, 1.54) is 0 Å². The number of methoxy groups -OCH3 is 2. The molecule has 3 aromatic carbocycles. The van der Waals surface area contributed by atoms with Crippen molar-refractivity contribution in [2.24, 2.45) is 0 Å². The summed E-state index contributed by atoms with van der Waals surface area (Å²) in [5.74, 6) is 0.993. The van der Waals surface area contributed by atoms with Gasteiger partial charge in [0.1, 0.15) is 24.2 Å². The van der Waals surface area contributed by atoms with Crippen LogP contribution in [0.3, 0.4) is 0 Å². The molecule has 0 aromatic heterocycles. The fraction of sp³-hybridized carbons (Fsp3) is 0.259. The lowest BCUT2D eigenvalue weighted by Gasteiger charge is -2.40. The van der Waals surface area contributed by atoms with Crippen molar-refractivity contribution in [1.82, 2.24) is 4.90 Å². The van der Waals surface area contributed by atoms with Crippen LogP contribution in [0.15, 0.2) is 72.8 Å². The van der Waals surface area contributed by atoms with Gasteiger partial charge in [0.25, 0.3) is 5.91 Å². The molecule has 0 spiro atoms. The normalized spacial score (nSPS) is 17.7. The van der Waals surface area contributed by atoms with E-state index in [0.717, 1.165) is 16.9 Å². The van der Waals surface area contributed by atoms with Crippen LogP contribution in [0.4, 0.5) is 5.69 Å². The van der Waals surface area contributed by atoms with Gasteiger partial charge in [-0.3, -0.25) is 9.59 Å². The number of nitrogens with one attached hydrogen (secondary N) is 1. The number of aliphatic hydroxyl groups excluding tert-OH is 1. The van der Waals surface area contributed by atoms with Crippen LogP contribution < -0.4 is 14.8 Å². The van der Waals surface area contributed by atoms with E-state index in [1.54, 1.807) is 55.5 Å². The number of morpholine rings is 1. The van der Waals surface area contributed by atoms with Gasteiger partial charge in [-0.2, -0.15) is 0 Å². The highest BCUT2D eigenvalue weighted by Crippen LogP contribution is 2.31. The van der Waals surface area contributed by atoms with Gasteiger partial charge in [-0.1, -0.05) is 24.3 Å². The van der Waals surface area contributed by atoms with E-state index in [1.807, 2.05) is 36.4 Å². The lowest BCUT2D eigenvalue weighted by atomic mass is 9.98. The van der Waals surface area contributed by atoms with Crippen LogP contribution in [-0.2, 0) is 16.1 Å². The monoisotopic (exact) mass is 476 g/mol. The maximum absolute atomic E-state index is 12.6. The van der Waals surface area contributed by atoms with Crippen LogP contribution in [0.1, 0.15) is 27.6 Å². The maximum atomic E-state index is 12.6. The second-order valence-corrected chi connectivity index (χ2v) is 8.16. The summed E-state index contributed by atoms with van der Waals surface area (Å²) in [5, 5.41) is 13.0. The Labute approximate surface area is 204 Å². The Morgan fingerprint density at radius 3 is 2.14 bits per heavy atom. The number of hydrogen-bond donors (Lipinski definition) is 2. The molecule has 1 aliphatic rings. The topological polar surface area (TPSA) is 97.3 Å². The molecule has 8 heteroatoms. The highest BCUT2D eigenvalue weighted by Gasteiger charge is 2.37.